The Hall–Kier alpha value is -2.90. The summed E-state index contributed by atoms with van der Waals surface area (Å²) in [6.45, 7) is 9.33. The highest BCUT2D eigenvalue weighted by Gasteiger charge is 2.55. The number of nitrogens with two attached hydrogens (primary N) is 1. The second kappa shape index (κ2) is 13.0. The van der Waals surface area contributed by atoms with Gasteiger partial charge in [-0.1, -0.05) is 78.7 Å². The van der Waals surface area contributed by atoms with E-state index in [9.17, 15) is 9.59 Å². The molecule has 6 nitrogen and oxygen atoms in total. The van der Waals surface area contributed by atoms with Gasteiger partial charge in [0.05, 0.1) is 28.1 Å². The summed E-state index contributed by atoms with van der Waals surface area (Å²) >= 11 is 13.0. The molecule has 0 bridgehead atoms. The van der Waals surface area contributed by atoms with Crippen molar-refractivity contribution in [2.75, 3.05) is 32.7 Å². The third-order valence-corrected chi connectivity index (χ3v) is 10.2. The van der Waals surface area contributed by atoms with Gasteiger partial charge in [0.15, 0.2) is 5.78 Å². The number of amides is 1. The van der Waals surface area contributed by atoms with E-state index in [0.717, 1.165) is 37.2 Å². The summed E-state index contributed by atoms with van der Waals surface area (Å²) in [6.07, 6.45) is 2.07. The van der Waals surface area contributed by atoms with Crippen molar-refractivity contribution < 1.29 is 14.3 Å². The third-order valence-electron chi connectivity index (χ3n) is 9.42. The molecule has 3 aromatic carbocycles. The molecular weight excluding hydrogens is 581 g/mol. The summed E-state index contributed by atoms with van der Waals surface area (Å²) in [4.78, 5) is 31.6. The lowest BCUT2D eigenvalue weighted by Crippen LogP contribution is -2.61. The number of carbonyl (C=O) groups is 2. The van der Waals surface area contributed by atoms with Crippen LogP contribution < -0.4 is 10.5 Å². The lowest BCUT2D eigenvalue weighted by atomic mass is 9.61. The van der Waals surface area contributed by atoms with Crippen molar-refractivity contribution in [3.63, 3.8) is 0 Å². The number of likely N-dealkylation sites (N-methyl/N-ethyl adjacent to an activating group) is 1. The van der Waals surface area contributed by atoms with Crippen LogP contribution in [-0.2, 0) is 15.6 Å². The van der Waals surface area contributed by atoms with Crippen molar-refractivity contribution in [1.82, 2.24) is 9.80 Å². The first-order valence-electron chi connectivity index (χ1n) is 15.2. The quantitative estimate of drug-likeness (QED) is 0.261. The molecule has 2 N–H and O–H groups in total. The van der Waals surface area contributed by atoms with Crippen LogP contribution in [0.15, 0.2) is 72.8 Å². The van der Waals surface area contributed by atoms with Crippen molar-refractivity contribution in [3.8, 4) is 5.75 Å². The Labute approximate surface area is 265 Å². The minimum absolute atomic E-state index is 0.0147. The van der Waals surface area contributed by atoms with E-state index >= 15 is 0 Å². The van der Waals surface area contributed by atoms with Gasteiger partial charge in [0.25, 0.3) is 0 Å². The smallest absolute Gasteiger partial charge is 0.228 e. The molecule has 2 fully saturated rings. The Morgan fingerprint density at radius 3 is 2.40 bits per heavy atom. The molecule has 5 rings (SSSR count). The van der Waals surface area contributed by atoms with Crippen LogP contribution in [-0.4, -0.2) is 66.4 Å². The van der Waals surface area contributed by atoms with Gasteiger partial charge >= 0.3 is 0 Å². The Morgan fingerprint density at radius 1 is 0.953 bits per heavy atom. The van der Waals surface area contributed by atoms with Gasteiger partial charge in [-0.2, -0.15) is 0 Å². The van der Waals surface area contributed by atoms with Crippen LogP contribution in [0.1, 0.15) is 61.5 Å². The fourth-order valence-corrected chi connectivity index (χ4v) is 7.52. The topological polar surface area (TPSA) is 75.9 Å². The molecule has 0 spiro atoms. The number of ketones is 1. The number of Topliss-reactive ketones (excluding diaryl/α,β-unsaturated/α-hetero) is 1. The van der Waals surface area contributed by atoms with Gasteiger partial charge in [-0.15, -0.1) is 0 Å². The maximum absolute atomic E-state index is 13.6. The predicted molar refractivity (Wildman–Crippen MR) is 173 cm³/mol. The first-order chi connectivity index (χ1) is 20.6. The molecule has 228 valence electrons. The largest absolute Gasteiger partial charge is 0.491 e. The highest BCUT2D eigenvalue weighted by molar-refractivity contribution is 6.42. The van der Waals surface area contributed by atoms with E-state index in [1.54, 1.807) is 0 Å². The first-order valence-corrected chi connectivity index (χ1v) is 15.9. The van der Waals surface area contributed by atoms with E-state index < -0.39 is 10.8 Å². The number of primary amides is 1. The van der Waals surface area contributed by atoms with E-state index in [2.05, 4.69) is 22.8 Å². The Balaban J connectivity index is 1.51. The maximum atomic E-state index is 13.6. The summed E-state index contributed by atoms with van der Waals surface area (Å²) in [5.74, 6) is 0.445. The van der Waals surface area contributed by atoms with E-state index in [1.807, 2.05) is 80.6 Å². The summed E-state index contributed by atoms with van der Waals surface area (Å²) in [7, 11) is 0. The molecule has 2 aliphatic rings. The zero-order valence-electron chi connectivity index (χ0n) is 25.2. The molecule has 8 heteroatoms. The fraction of sp³-hybridized carbons (Fsp3) is 0.429. The van der Waals surface area contributed by atoms with Crippen LogP contribution in [0, 0.1) is 0 Å². The second-order valence-corrected chi connectivity index (χ2v) is 13.1. The van der Waals surface area contributed by atoms with Gasteiger partial charge in [-0.05, 0) is 88.1 Å². The van der Waals surface area contributed by atoms with Crippen molar-refractivity contribution in [2.45, 2.75) is 63.0 Å². The van der Waals surface area contributed by atoms with Crippen molar-refractivity contribution in [1.29, 1.82) is 0 Å². The number of halogens is 2. The summed E-state index contributed by atoms with van der Waals surface area (Å²) < 4.78 is 5.83. The number of likely N-dealkylation sites (tertiary alicyclic amines) is 2. The highest BCUT2D eigenvalue weighted by Crippen LogP contribution is 2.49. The minimum atomic E-state index is -0.791. The zero-order valence-corrected chi connectivity index (χ0v) is 26.7. The number of nitrogens with zero attached hydrogens (tertiary/aromatic N) is 2. The molecule has 2 heterocycles. The van der Waals surface area contributed by atoms with Crippen molar-refractivity contribution in [2.24, 2.45) is 5.73 Å². The summed E-state index contributed by atoms with van der Waals surface area (Å²) in [6, 6.07) is 23.2. The molecule has 3 atom stereocenters. The molecule has 1 amide bonds. The molecule has 3 aromatic rings. The SMILES string of the molecule is CCN1CCC(C(N)=O)(c2ccccc2)CC1C1(c2ccc(Cl)c(Cl)c2)CCN(CC(=O)c2cccc(OC(C)C)c2)C1. The monoisotopic (exact) mass is 621 g/mol. The van der Waals surface area contributed by atoms with Gasteiger partial charge in [0, 0.05) is 23.6 Å². The average molecular weight is 623 g/mol. The molecule has 0 aromatic heterocycles. The Kier molecular flexibility index (Phi) is 9.52. The van der Waals surface area contributed by atoms with E-state index in [-0.39, 0.29) is 30.4 Å². The van der Waals surface area contributed by atoms with Gasteiger partial charge < -0.3 is 10.5 Å². The lowest BCUT2D eigenvalue weighted by molar-refractivity contribution is -0.127. The molecule has 0 aliphatic carbocycles. The molecule has 43 heavy (non-hydrogen) atoms. The van der Waals surface area contributed by atoms with Gasteiger partial charge in [0.1, 0.15) is 5.75 Å². The van der Waals surface area contributed by atoms with Crippen LogP contribution in [0.3, 0.4) is 0 Å². The maximum Gasteiger partial charge on any atom is 0.228 e. The molecular formula is C35H41Cl2N3O3. The molecule has 0 saturated carbocycles. The van der Waals surface area contributed by atoms with Gasteiger partial charge in [-0.25, -0.2) is 0 Å². The van der Waals surface area contributed by atoms with E-state index in [0.29, 0.717) is 40.7 Å². The summed E-state index contributed by atoms with van der Waals surface area (Å²) in [5, 5.41) is 0.999. The average Bonchev–Trinajstić information content (AvgIpc) is 3.43. The Morgan fingerprint density at radius 2 is 1.72 bits per heavy atom. The van der Waals surface area contributed by atoms with Crippen LogP contribution in [0.2, 0.25) is 10.0 Å². The van der Waals surface area contributed by atoms with Crippen molar-refractivity contribution >= 4 is 34.9 Å². The van der Waals surface area contributed by atoms with Crippen LogP contribution in [0.4, 0.5) is 0 Å². The number of ether oxygens (including phenoxy) is 1. The standard InChI is InChI=1S/C35H41Cl2N3O3/c1-4-40-18-16-34(33(38)42,26-10-6-5-7-11-26)21-32(40)35(27-13-14-29(36)30(37)20-27)15-17-39(23-35)22-31(41)25-9-8-12-28(19-25)43-24(2)3/h5-14,19-20,24,32H,4,15-18,21-23H2,1-3H3,(H2,38,42). The van der Waals surface area contributed by atoms with Crippen LogP contribution in [0.5, 0.6) is 5.75 Å². The van der Waals surface area contributed by atoms with E-state index in [4.69, 9.17) is 33.7 Å². The van der Waals surface area contributed by atoms with Crippen LogP contribution in [0.25, 0.3) is 0 Å². The number of rotatable bonds is 10. The predicted octanol–water partition coefficient (Wildman–Crippen LogP) is 6.51. The highest BCUT2D eigenvalue weighted by atomic mass is 35.5. The minimum Gasteiger partial charge on any atom is -0.491 e. The van der Waals surface area contributed by atoms with Gasteiger partial charge in [0.2, 0.25) is 5.91 Å². The first kappa shape index (κ1) is 31.5. The zero-order chi connectivity index (χ0) is 30.8. The number of benzene rings is 3. The molecule has 2 saturated heterocycles. The van der Waals surface area contributed by atoms with E-state index in [1.165, 1.54) is 0 Å². The van der Waals surface area contributed by atoms with Crippen LogP contribution >= 0.6 is 23.2 Å². The Bertz CT molecular complexity index is 1470. The molecule has 2 aliphatic heterocycles. The fourth-order valence-electron chi connectivity index (χ4n) is 7.23. The number of hydrogen-bond donors (Lipinski definition) is 1. The normalized spacial score (nSPS) is 24.7. The number of piperidine rings is 1. The van der Waals surface area contributed by atoms with Gasteiger partial charge in [-0.3, -0.25) is 19.4 Å². The molecule has 3 unspecified atom stereocenters. The number of hydrogen-bond acceptors (Lipinski definition) is 5. The summed E-state index contributed by atoms with van der Waals surface area (Å²) in [5.41, 5.74) is 7.72. The lowest BCUT2D eigenvalue weighted by Gasteiger charge is -2.52. The molecule has 0 radical (unpaired) electrons. The number of carbonyl (C=O) groups excluding carboxylic acids is 2. The second-order valence-electron chi connectivity index (χ2n) is 12.3. The third kappa shape index (κ3) is 6.34. The van der Waals surface area contributed by atoms with Crippen molar-refractivity contribution in [3.05, 3.63) is 99.5 Å².